The van der Waals surface area contributed by atoms with Crippen molar-refractivity contribution in [2.24, 2.45) is 11.7 Å². The van der Waals surface area contributed by atoms with Gasteiger partial charge in [0.25, 0.3) is 0 Å². The average molecular weight is 346 g/mol. The zero-order valence-corrected chi connectivity index (χ0v) is 12.5. The molecule has 0 bridgehead atoms. The van der Waals surface area contributed by atoms with E-state index in [-0.39, 0.29) is 23.2 Å². The zero-order valence-electron chi connectivity index (χ0n) is 10.9. The minimum atomic E-state index is -4.58. The average Bonchev–Trinajstić information content (AvgIpc) is 2.87. The van der Waals surface area contributed by atoms with E-state index in [1.54, 1.807) is 0 Å². The number of rotatable bonds is 3. The molecule has 1 atom stereocenters. The van der Waals surface area contributed by atoms with Crippen molar-refractivity contribution in [1.29, 1.82) is 0 Å². The van der Waals surface area contributed by atoms with Gasteiger partial charge in [0.15, 0.2) is 0 Å². The Bertz CT molecular complexity index is 577. The van der Waals surface area contributed by atoms with Crippen LogP contribution in [0.5, 0.6) is 0 Å². The van der Waals surface area contributed by atoms with Crippen LogP contribution in [0.15, 0.2) is 23.2 Å². The number of hydrogen-bond acceptors (Lipinski definition) is 4. The van der Waals surface area contributed by atoms with Gasteiger partial charge in [0, 0.05) is 19.3 Å². The maximum absolute atomic E-state index is 12.4. The summed E-state index contributed by atoms with van der Waals surface area (Å²) in [6.07, 6.45) is -3.18. The lowest BCUT2D eigenvalue weighted by Gasteiger charge is -2.16. The smallest absolute Gasteiger partial charge is 0.330 e. The van der Waals surface area contributed by atoms with Crippen molar-refractivity contribution in [3.63, 3.8) is 0 Å². The molecule has 1 aliphatic rings. The number of sulfonamides is 1. The number of halogens is 4. The molecule has 2 heterocycles. The Morgan fingerprint density at radius 1 is 1.38 bits per heavy atom. The van der Waals surface area contributed by atoms with Gasteiger partial charge in [-0.1, -0.05) is 0 Å². The fraction of sp³-hybridized carbons (Fsp3) is 0.545. The van der Waals surface area contributed by atoms with E-state index in [0.29, 0.717) is 32.1 Å². The molecule has 0 aromatic carbocycles. The molecular formula is C11H15ClF3N3O2S. The summed E-state index contributed by atoms with van der Waals surface area (Å²) >= 11 is 0. The standard InChI is InChI=1S/C11H14F3N3O2S.ClH/c12-11(13,14)10-2-1-9(6-16-10)20(18,19)17-4-3-8(5-15)7-17;/h1-2,6,8H,3-5,7,15H2;1H. The Hall–Kier alpha value is -0.900. The lowest BCUT2D eigenvalue weighted by molar-refractivity contribution is -0.141. The van der Waals surface area contributed by atoms with E-state index in [1.165, 1.54) is 4.31 Å². The second kappa shape index (κ2) is 6.47. The first kappa shape index (κ1) is 18.1. The Balaban J connectivity index is 0.00000220. The van der Waals surface area contributed by atoms with E-state index in [9.17, 15) is 21.6 Å². The third-order valence-electron chi connectivity index (χ3n) is 3.25. The second-order valence-electron chi connectivity index (χ2n) is 4.63. The number of aromatic nitrogens is 1. The van der Waals surface area contributed by atoms with Gasteiger partial charge in [0.2, 0.25) is 10.0 Å². The Morgan fingerprint density at radius 3 is 2.48 bits per heavy atom. The summed E-state index contributed by atoms with van der Waals surface area (Å²) in [5, 5.41) is 0. The van der Waals surface area contributed by atoms with Gasteiger partial charge in [0.1, 0.15) is 10.6 Å². The molecule has 1 saturated heterocycles. The Kier molecular flexibility index (Phi) is 5.59. The van der Waals surface area contributed by atoms with Crippen LogP contribution in [0.2, 0.25) is 0 Å². The third-order valence-corrected chi connectivity index (χ3v) is 5.10. The van der Waals surface area contributed by atoms with Crippen LogP contribution in [0.4, 0.5) is 13.2 Å². The Morgan fingerprint density at radius 2 is 2.05 bits per heavy atom. The first-order chi connectivity index (χ1) is 9.25. The molecule has 1 aliphatic heterocycles. The largest absolute Gasteiger partial charge is 0.433 e. The topological polar surface area (TPSA) is 76.3 Å². The second-order valence-corrected chi connectivity index (χ2v) is 6.57. The quantitative estimate of drug-likeness (QED) is 0.900. The predicted octanol–water partition coefficient (Wildman–Crippen LogP) is 1.49. The summed E-state index contributed by atoms with van der Waals surface area (Å²) in [5.41, 5.74) is 4.37. The highest BCUT2D eigenvalue weighted by molar-refractivity contribution is 7.89. The summed E-state index contributed by atoms with van der Waals surface area (Å²) in [6.45, 7) is 1.00. The van der Waals surface area contributed by atoms with E-state index >= 15 is 0 Å². The van der Waals surface area contributed by atoms with E-state index in [2.05, 4.69) is 4.98 Å². The van der Waals surface area contributed by atoms with Crippen molar-refractivity contribution in [2.45, 2.75) is 17.5 Å². The molecule has 10 heteroatoms. The Labute approximate surface area is 126 Å². The van der Waals surface area contributed by atoms with E-state index in [1.807, 2.05) is 0 Å². The predicted molar refractivity (Wildman–Crippen MR) is 72.4 cm³/mol. The molecule has 0 saturated carbocycles. The van der Waals surface area contributed by atoms with Crippen molar-refractivity contribution in [3.05, 3.63) is 24.0 Å². The van der Waals surface area contributed by atoms with Gasteiger partial charge in [-0.2, -0.15) is 17.5 Å². The molecule has 21 heavy (non-hydrogen) atoms. The summed E-state index contributed by atoms with van der Waals surface area (Å²) in [6, 6.07) is 1.60. The highest BCUT2D eigenvalue weighted by Gasteiger charge is 2.35. The molecule has 2 N–H and O–H groups in total. The van der Waals surface area contributed by atoms with Crippen LogP contribution < -0.4 is 5.73 Å². The van der Waals surface area contributed by atoms with Crippen LogP contribution in [0.3, 0.4) is 0 Å². The fourth-order valence-corrected chi connectivity index (χ4v) is 3.53. The van der Waals surface area contributed by atoms with Gasteiger partial charge in [-0.15, -0.1) is 12.4 Å². The number of nitrogens with zero attached hydrogens (tertiary/aromatic N) is 2. The summed E-state index contributed by atoms with van der Waals surface area (Å²) < 4.78 is 62.8. The van der Waals surface area contributed by atoms with Crippen molar-refractivity contribution in [1.82, 2.24) is 9.29 Å². The van der Waals surface area contributed by atoms with Crippen molar-refractivity contribution >= 4 is 22.4 Å². The highest BCUT2D eigenvalue weighted by Crippen LogP contribution is 2.29. The van der Waals surface area contributed by atoms with E-state index < -0.39 is 21.9 Å². The van der Waals surface area contributed by atoms with E-state index in [0.717, 1.165) is 12.3 Å². The highest BCUT2D eigenvalue weighted by atomic mass is 35.5. The monoisotopic (exact) mass is 345 g/mol. The van der Waals surface area contributed by atoms with Crippen LogP contribution >= 0.6 is 12.4 Å². The summed E-state index contributed by atoms with van der Waals surface area (Å²) in [4.78, 5) is 2.94. The minimum Gasteiger partial charge on any atom is -0.330 e. The number of nitrogens with two attached hydrogens (primary N) is 1. The van der Waals surface area contributed by atoms with Crippen LogP contribution in [-0.4, -0.2) is 37.3 Å². The molecule has 0 radical (unpaired) electrons. The van der Waals surface area contributed by atoms with Gasteiger partial charge >= 0.3 is 6.18 Å². The first-order valence-corrected chi connectivity index (χ1v) is 7.42. The van der Waals surface area contributed by atoms with Crippen molar-refractivity contribution < 1.29 is 21.6 Å². The molecular weight excluding hydrogens is 331 g/mol. The van der Waals surface area contributed by atoms with Crippen LogP contribution in [-0.2, 0) is 16.2 Å². The summed E-state index contributed by atoms with van der Waals surface area (Å²) in [7, 11) is -3.80. The molecule has 1 aromatic heterocycles. The first-order valence-electron chi connectivity index (χ1n) is 5.98. The van der Waals surface area contributed by atoms with Gasteiger partial charge in [-0.3, -0.25) is 4.98 Å². The third kappa shape index (κ3) is 3.85. The summed E-state index contributed by atoms with van der Waals surface area (Å²) in [5.74, 6) is 0.0900. The number of alkyl halides is 3. The van der Waals surface area contributed by atoms with Gasteiger partial charge in [-0.05, 0) is 31.0 Å². The van der Waals surface area contributed by atoms with Crippen LogP contribution in [0, 0.1) is 5.92 Å². The molecule has 1 aromatic rings. The molecule has 2 rings (SSSR count). The fourth-order valence-electron chi connectivity index (χ4n) is 2.06. The molecule has 1 unspecified atom stereocenters. The zero-order chi connectivity index (χ0) is 15.0. The van der Waals surface area contributed by atoms with Crippen molar-refractivity contribution in [2.75, 3.05) is 19.6 Å². The molecule has 120 valence electrons. The van der Waals surface area contributed by atoms with Gasteiger partial charge in [-0.25, -0.2) is 8.42 Å². The molecule has 0 spiro atoms. The van der Waals surface area contributed by atoms with Crippen LogP contribution in [0.1, 0.15) is 12.1 Å². The lowest BCUT2D eigenvalue weighted by Crippen LogP contribution is -2.30. The van der Waals surface area contributed by atoms with Crippen molar-refractivity contribution in [3.8, 4) is 0 Å². The SMILES string of the molecule is Cl.NCC1CCN(S(=O)(=O)c2ccc(C(F)(F)F)nc2)C1. The minimum absolute atomic E-state index is 0. The van der Waals surface area contributed by atoms with Gasteiger partial charge in [0.05, 0.1) is 0 Å². The molecule has 0 amide bonds. The molecule has 0 aliphatic carbocycles. The maximum Gasteiger partial charge on any atom is 0.433 e. The molecule has 1 fully saturated rings. The van der Waals surface area contributed by atoms with Crippen LogP contribution in [0.25, 0.3) is 0 Å². The maximum atomic E-state index is 12.4. The number of pyridine rings is 1. The van der Waals surface area contributed by atoms with Gasteiger partial charge < -0.3 is 5.73 Å². The molecule has 5 nitrogen and oxygen atoms in total. The van der Waals surface area contributed by atoms with E-state index in [4.69, 9.17) is 5.73 Å². The lowest BCUT2D eigenvalue weighted by atomic mass is 10.1. The number of hydrogen-bond donors (Lipinski definition) is 1. The normalized spacial score (nSPS) is 20.3.